The van der Waals surface area contributed by atoms with Crippen LogP contribution in [0.3, 0.4) is 0 Å². The molecular formula is C23H25F3N4O3. The zero-order chi connectivity index (χ0) is 23.8. The predicted molar refractivity (Wildman–Crippen MR) is 115 cm³/mol. The molecule has 2 saturated heterocycles. The number of anilines is 1. The molecule has 2 aliphatic heterocycles. The van der Waals surface area contributed by atoms with Crippen molar-refractivity contribution in [1.29, 1.82) is 0 Å². The standard InChI is InChI=1S/C23H25F3N4O3/c1-23(15-2-4-16(24)5-3-15)21(32)30(22(33)27-23)14-18(31)13-28-8-10-29(11-9-28)20-7-6-17(25)12-19(20)26/h2-7,12,18,31H,8-11,13-14H2,1H3,(H,27,33). The SMILES string of the molecule is CC1(c2ccc(F)cc2)NC(=O)N(CC(O)CN2CCN(c3ccc(F)cc3F)CC2)C1=O. The number of hydrogen-bond acceptors (Lipinski definition) is 5. The quantitative estimate of drug-likeness (QED) is 0.643. The van der Waals surface area contributed by atoms with Crippen molar-refractivity contribution in [3.8, 4) is 0 Å². The Morgan fingerprint density at radius 1 is 0.970 bits per heavy atom. The molecule has 2 N–H and O–H groups in total. The smallest absolute Gasteiger partial charge is 0.325 e. The van der Waals surface area contributed by atoms with Crippen LogP contribution in [0.2, 0.25) is 0 Å². The lowest BCUT2D eigenvalue weighted by molar-refractivity contribution is -0.132. The molecule has 7 nitrogen and oxygen atoms in total. The first-order valence-electron chi connectivity index (χ1n) is 10.7. The first kappa shape index (κ1) is 23.1. The summed E-state index contributed by atoms with van der Waals surface area (Å²) in [6, 6.07) is 8.17. The highest BCUT2D eigenvalue weighted by molar-refractivity contribution is 6.07. The molecule has 2 aromatic carbocycles. The lowest BCUT2D eigenvalue weighted by atomic mass is 9.92. The van der Waals surface area contributed by atoms with E-state index in [2.05, 4.69) is 5.32 Å². The molecule has 0 saturated carbocycles. The molecule has 0 aliphatic carbocycles. The largest absolute Gasteiger partial charge is 0.390 e. The third-order valence-corrected chi connectivity index (χ3v) is 6.18. The van der Waals surface area contributed by atoms with Crippen molar-refractivity contribution in [3.63, 3.8) is 0 Å². The molecule has 2 aliphatic rings. The van der Waals surface area contributed by atoms with Gasteiger partial charge in [-0.15, -0.1) is 0 Å². The van der Waals surface area contributed by atoms with E-state index in [0.717, 1.165) is 11.0 Å². The van der Waals surface area contributed by atoms with Gasteiger partial charge in [0, 0.05) is 38.8 Å². The number of benzene rings is 2. The maximum Gasteiger partial charge on any atom is 0.325 e. The van der Waals surface area contributed by atoms with Gasteiger partial charge in [0.05, 0.1) is 18.3 Å². The number of β-amino-alcohol motifs (C(OH)–C–C–N with tert-alkyl or cyclic N) is 1. The predicted octanol–water partition coefficient (Wildman–Crippen LogP) is 2.05. The molecule has 2 atom stereocenters. The number of aliphatic hydroxyl groups excluding tert-OH is 1. The molecule has 2 heterocycles. The van der Waals surface area contributed by atoms with E-state index in [4.69, 9.17) is 0 Å². The minimum Gasteiger partial charge on any atom is -0.390 e. The molecule has 2 unspecified atom stereocenters. The van der Waals surface area contributed by atoms with Crippen molar-refractivity contribution in [2.45, 2.75) is 18.6 Å². The van der Waals surface area contributed by atoms with Crippen LogP contribution in [0.5, 0.6) is 0 Å². The first-order chi connectivity index (χ1) is 15.7. The molecule has 0 aromatic heterocycles. The van der Waals surface area contributed by atoms with E-state index < -0.39 is 41.0 Å². The highest BCUT2D eigenvalue weighted by Crippen LogP contribution is 2.29. The molecule has 3 amide bonds. The molecule has 10 heteroatoms. The fraction of sp³-hybridized carbons (Fsp3) is 0.391. The normalized spacial score (nSPS) is 22.6. The summed E-state index contributed by atoms with van der Waals surface area (Å²) in [5.74, 6) is -2.22. The average Bonchev–Trinajstić information content (AvgIpc) is 2.99. The minimum absolute atomic E-state index is 0.186. The number of hydrogen-bond donors (Lipinski definition) is 2. The van der Waals surface area contributed by atoms with Crippen LogP contribution in [-0.4, -0.2) is 72.2 Å². The van der Waals surface area contributed by atoms with Gasteiger partial charge in [-0.2, -0.15) is 0 Å². The molecule has 176 valence electrons. The number of imide groups is 1. The third kappa shape index (κ3) is 4.67. The van der Waals surface area contributed by atoms with Crippen molar-refractivity contribution in [2.24, 2.45) is 0 Å². The highest BCUT2D eigenvalue weighted by Gasteiger charge is 2.49. The van der Waals surface area contributed by atoms with Crippen molar-refractivity contribution in [3.05, 3.63) is 65.5 Å². The Hall–Kier alpha value is -3.11. The Morgan fingerprint density at radius 2 is 1.61 bits per heavy atom. The Bertz CT molecular complexity index is 1040. The van der Waals surface area contributed by atoms with Crippen molar-refractivity contribution >= 4 is 17.6 Å². The van der Waals surface area contributed by atoms with Gasteiger partial charge in [-0.1, -0.05) is 12.1 Å². The second-order valence-corrected chi connectivity index (χ2v) is 8.52. The summed E-state index contributed by atoms with van der Waals surface area (Å²) >= 11 is 0. The second-order valence-electron chi connectivity index (χ2n) is 8.52. The highest BCUT2D eigenvalue weighted by atomic mass is 19.1. The first-order valence-corrected chi connectivity index (χ1v) is 10.7. The van der Waals surface area contributed by atoms with Crippen LogP contribution < -0.4 is 10.2 Å². The Balaban J connectivity index is 1.33. The molecule has 2 aromatic rings. The summed E-state index contributed by atoms with van der Waals surface area (Å²) in [5, 5.41) is 13.2. The Kier molecular flexibility index (Phi) is 6.31. The summed E-state index contributed by atoms with van der Waals surface area (Å²) in [4.78, 5) is 30.1. The molecule has 4 rings (SSSR count). The van der Waals surface area contributed by atoms with Gasteiger partial charge in [0.15, 0.2) is 0 Å². The number of nitrogens with zero attached hydrogens (tertiary/aromatic N) is 3. The van der Waals surface area contributed by atoms with Crippen LogP contribution >= 0.6 is 0 Å². The van der Waals surface area contributed by atoms with Crippen LogP contribution in [-0.2, 0) is 10.3 Å². The summed E-state index contributed by atoms with van der Waals surface area (Å²) < 4.78 is 40.4. The zero-order valence-corrected chi connectivity index (χ0v) is 18.1. The number of piperazine rings is 1. The maximum absolute atomic E-state index is 14.0. The fourth-order valence-electron chi connectivity index (χ4n) is 4.32. The van der Waals surface area contributed by atoms with Crippen LogP contribution in [0.15, 0.2) is 42.5 Å². The number of carbonyl (C=O) groups excluding carboxylic acids is 2. The Labute approximate surface area is 189 Å². The molecule has 0 spiro atoms. The van der Waals surface area contributed by atoms with E-state index in [-0.39, 0.29) is 13.1 Å². The summed E-state index contributed by atoms with van der Waals surface area (Å²) in [7, 11) is 0. The summed E-state index contributed by atoms with van der Waals surface area (Å²) in [5.41, 5.74) is -0.561. The van der Waals surface area contributed by atoms with Crippen LogP contribution in [0, 0.1) is 17.5 Å². The van der Waals surface area contributed by atoms with E-state index in [0.29, 0.717) is 37.4 Å². The van der Waals surface area contributed by atoms with E-state index in [1.807, 2.05) is 9.80 Å². The van der Waals surface area contributed by atoms with E-state index in [1.165, 1.54) is 36.4 Å². The van der Waals surface area contributed by atoms with E-state index >= 15 is 0 Å². The van der Waals surface area contributed by atoms with Crippen LogP contribution in [0.1, 0.15) is 12.5 Å². The molecule has 0 radical (unpaired) electrons. The number of urea groups is 1. The van der Waals surface area contributed by atoms with Gasteiger partial charge >= 0.3 is 6.03 Å². The molecule has 0 bridgehead atoms. The van der Waals surface area contributed by atoms with Crippen molar-refractivity contribution in [1.82, 2.24) is 15.1 Å². The van der Waals surface area contributed by atoms with E-state index in [1.54, 1.807) is 6.92 Å². The lowest BCUT2D eigenvalue weighted by Crippen LogP contribution is -2.51. The third-order valence-electron chi connectivity index (χ3n) is 6.18. The van der Waals surface area contributed by atoms with E-state index in [9.17, 15) is 27.9 Å². The fourth-order valence-corrected chi connectivity index (χ4v) is 4.32. The number of amides is 3. The number of carbonyl (C=O) groups is 2. The molecule has 33 heavy (non-hydrogen) atoms. The van der Waals surface area contributed by atoms with Gasteiger partial charge in [0.25, 0.3) is 5.91 Å². The van der Waals surface area contributed by atoms with Crippen LogP contribution in [0.4, 0.5) is 23.7 Å². The monoisotopic (exact) mass is 462 g/mol. The van der Waals surface area contributed by atoms with Crippen molar-refractivity contribution in [2.75, 3.05) is 44.2 Å². The van der Waals surface area contributed by atoms with Gasteiger partial charge in [0.1, 0.15) is 23.0 Å². The Morgan fingerprint density at radius 3 is 2.24 bits per heavy atom. The van der Waals surface area contributed by atoms with Gasteiger partial charge < -0.3 is 15.3 Å². The van der Waals surface area contributed by atoms with Gasteiger partial charge in [-0.25, -0.2) is 18.0 Å². The number of aliphatic hydroxyl groups is 1. The second kappa shape index (κ2) is 9.03. The average molecular weight is 462 g/mol. The summed E-state index contributed by atoms with van der Waals surface area (Å²) in [6.07, 6.45) is -0.982. The number of rotatable bonds is 6. The zero-order valence-electron chi connectivity index (χ0n) is 18.1. The van der Waals surface area contributed by atoms with Gasteiger partial charge in [-0.05, 0) is 36.8 Å². The van der Waals surface area contributed by atoms with Gasteiger partial charge in [-0.3, -0.25) is 14.6 Å². The molecule has 2 fully saturated rings. The maximum atomic E-state index is 14.0. The number of nitrogens with one attached hydrogen (secondary N) is 1. The lowest BCUT2D eigenvalue weighted by Gasteiger charge is -2.37. The minimum atomic E-state index is -1.34. The topological polar surface area (TPSA) is 76.1 Å². The molecular weight excluding hydrogens is 437 g/mol. The summed E-state index contributed by atoms with van der Waals surface area (Å²) in [6.45, 7) is 3.61. The van der Waals surface area contributed by atoms with Crippen LogP contribution in [0.25, 0.3) is 0 Å². The van der Waals surface area contributed by atoms with Crippen molar-refractivity contribution < 1.29 is 27.9 Å². The number of halogens is 3. The van der Waals surface area contributed by atoms with Gasteiger partial charge in [0.2, 0.25) is 0 Å².